The van der Waals surface area contributed by atoms with Gasteiger partial charge in [0.25, 0.3) is 5.92 Å². The molecule has 4 rings (SSSR count). The number of nitrogens with zero attached hydrogens (tertiary/aromatic N) is 1. The number of amides is 2. The van der Waals surface area contributed by atoms with Crippen molar-refractivity contribution < 1.29 is 40.7 Å². The zero-order chi connectivity index (χ0) is 25.8. The lowest BCUT2D eigenvalue weighted by Gasteiger charge is -2.32. The molecule has 2 amide bonds. The lowest BCUT2D eigenvalue weighted by atomic mass is 10.0. The number of hydrogen-bond donors (Lipinski definition) is 1. The van der Waals surface area contributed by atoms with Gasteiger partial charge in [0, 0.05) is 37.2 Å². The van der Waals surface area contributed by atoms with Gasteiger partial charge in [-0.2, -0.15) is 13.2 Å². The number of nitrogens with one attached hydrogen (secondary N) is 1. The second-order valence-electron chi connectivity index (χ2n) is 10.2. The molecule has 1 N–H and O–H groups in total. The van der Waals surface area contributed by atoms with Gasteiger partial charge >= 0.3 is 12.3 Å². The Hall–Kier alpha value is -2.85. The minimum atomic E-state index is -4.70. The summed E-state index contributed by atoms with van der Waals surface area (Å²) in [5, 5.41) is 2.65. The third kappa shape index (κ3) is 5.87. The summed E-state index contributed by atoms with van der Waals surface area (Å²) in [5.74, 6) is -3.92. The number of alkyl carbamates (subject to hydrolysis) is 1. The van der Waals surface area contributed by atoms with Crippen molar-refractivity contribution in [3.63, 3.8) is 0 Å². The maximum absolute atomic E-state index is 13.8. The summed E-state index contributed by atoms with van der Waals surface area (Å²) in [6.45, 7) is 4.76. The van der Waals surface area contributed by atoms with Gasteiger partial charge in [-0.3, -0.25) is 4.79 Å². The second-order valence-corrected chi connectivity index (χ2v) is 10.2. The number of furan rings is 1. The van der Waals surface area contributed by atoms with Crippen molar-refractivity contribution in [2.75, 3.05) is 13.1 Å². The molecular formula is C24H27F5N2O4. The summed E-state index contributed by atoms with van der Waals surface area (Å²) >= 11 is 0. The highest BCUT2D eigenvalue weighted by atomic mass is 19.4. The van der Waals surface area contributed by atoms with Crippen LogP contribution < -0.4 is 5.32 Å². The molecule has 2 unspecified atom stereocenters. The number of carbonyl (C=O) groups excluding carboxylic acids is 2. The molecule has 192 valence electrons. The highest BCUT2D eigenvalue weighted by Gasteiger charge is 2.48. The maximum Gasteiger partial charge on any atom is 0.420 e. The highest BCUT2D eigenvalue weighted by Crippen LogP contribution is 2.51. The van der Waals surface area contributed by atoms with Crippen molar-refractivity contribution >= 4 is 23.0 Å². The number of likely N-dealkylation sites (tertiary alicyclic amines) is 1. The maximum atomic E-state index is 13.8. The van der Waals surface area contributed by atoms with Gasteiger partial charge in [-0.15, -0.1) is 0 Å². The molecule has 2 heterocycles. The molecule has 35 heavy (non-hydrogen) atoms. The molecule has 11 heteroatoms. The molecule has 0 spiro atoms. The SMILES string of the molecule is CC(C)(C)OC(=O)NCc1cc2cc(C3CC3C(=O)N3CCC(F)(F)CC3)cc(C(F)(F)F)c2o1. The second kappa shape index (κ2) is 8.67. The summed E-state index contributed by atoms with van der Waals surface area (Å²) < 4.78 is 78.8. The fourth-order valence-electron chi connectivity index (χ4n) is 4.34. The molecule has 1 aromatic carbocycles. The number of carbonyl (C=O) groups is 2. The number of halogens is 5. The van der Waals surface area contributed by atoms with Crippen molar-refractivity contribution in [1.29, 1.82) is 0 Å². The third-order valence-electron chi connectivity index (χ3n) is 6.14. The van der Waals surface area contributed by atoms with Crippen LogP contribution in [0, 0.1) is 5.92 Å². The van der Waals surface area contributed by atoms with Crippen LogP contribution >= 0.6 is 0 Å². The predicted molar refractivity (Wildman–Crippen MR) is 116 cm³/mol. The van der Waals surface area contributed by atoms with E-state index in [-0.39, 0.29) is 42.3 Å². The van der Waals surface area contributed by atoms with Crippen LogP contribution in [-0.4, -0.2) is 41.5 Å². The molecular weight excluding hydrogens is 475 g/mol. The van der Waals surface area contributed by atoms with Gasteiger partial charge in [0.1, 0.15) is 16.9 Å². The molecule has 2 atom stereocenters. The van der Waals surface area contributed by atoms with Gasteiger partial charge < -0.3 is 19.4 Å². The van der Waals surface area contributed by atoms with E-state index in [2.05, 4.69) is 5.32 Å². The number of ether oxygens (including phenoxy) is 1. The topological polar surface area (TPSA) is 71.8 Å². The molecule has 2 fully saturated rings. The van der Waals surface area contributed by atoms with Crippen molar-refractivity contribution in [2.45, 2.75) is 70.2 Å². The van der Waals surface area contributed by atoms with Crippen LogP contribution in [0.2, 0.25) is 0 Å². The predicted octanol–water partition coefficient (Wildman–Crippen LogP) is 5.84. The van der Waals surface area contributed by atoms with Crippen LogP contribution in [0.25, 0.3) is 11.0 Å². The lowest BCUT2D eigenvalue weighted by Crippen LogP contribution is -2.43. The minimum absolute atomic E-state index is 0.0579. The Labute approximate surface area is 198 Å². The number of hydrogen-bond acceptors (Lipinski definition) is 4. The van der Waals surface area contributed by atoms with Gasteiger partial charge in [0.05, 0.1) is 12.1 Å². The molecule has 1 saturated heterocycles. The zero-order valence-electron chi connectivity index (χ0n) is 19.6. The number of fused-ring (bicyclic) bond motifs is 1. The van der Waals surface area contributed by atoms with Gasteiger partial charge in [0.2, 0.25) is 5.91 Å². The Morgan fingerprint density at radius 1 is 1.14 bits per heavy atom. The van der Waals surface area contributed by atoms with Gasteiger partial charge in [-0.05, 0) is 56.9 Å². The normalized spacial score (nSPS) is 22.2. The Balaban J connectivity index is 1.51. The standard InChI is InChI=1S/C24H27F5N2O4/c1-22(2,3)35-21(33)30-12-15-9-14-8-13(10-18(19(14)34-15)24(27,28)29)16-11-17(16)20(32)31-6-4-23(25,26)5-7-31/h8-10,16-17H,4-7,11-12H2,1-3H3,(H,30,33). The summed E-state index contributed by atoms with van der Waals surface area (Å²) in [7, 11) is 0. The Morgan fingerprint density at radius 3 is 2.40 bits per heavy atom. The first-order chi connectivity index (χ1) is 16.1. The highest BCUT2D eigenvalue weighted by molar-refractivity contribution is 5.86. The van der Waals surface area contributed by atoms with E-state index in [0.29, 0.717) is 12.0 Å². The van der Waals surface area contributed by atoms with Crippen LogP contribution in [0.3, 0.4) is 0 Å². The van der Waals surface area contributed by atoms with Crippen LogP contribution in [-0.2, 0) is 22.3 Å². The molecule has 1 aliphatic heterocycles. The average Bonchev–Trinajstić information content (AvgIpc) is 3.41. The van der Waals surface area contributed by atoms with Crippen LogP contribution in [0.15, 0.2) is 22.6 Å². The quantitative estimate of drug-likeness (QED) is 0.534. The lowest BCUT2D eigenvalue weighted by molar-refractivity contribution is -0.138. The first-order valence-electron chi connectivity index (χ1n) is 11.4. The number of benzene rings is 1. The molecule has 1 aromatic heterocycles. The van der Waals surface area contributed by atoms with E-state index in [4.69, 9.17) is 9.15 Å². The molecule has 2 aliphatic rings. The average molecular weight is 502 g/mol. The van der Waals surface area contributed by atoms with E-state index in [1.54, 1.807) is 26.8 Å². The molecule has 1 aliphatic carbocycles. The number of rotatable bonds is 4. The first-order valence-corrected chi connectivity index (χ1v) is 11.4. The Bertz CT molecular complexity index is 1130. The third-order valence-corrected chi connectivity index (χ3v) is 6.14. The fraction of sp³-hybridized carbons (Fsp3) is 0.583. The monoisotopic (exact) mass is 502 g/mol. The first kappa shape index (κ1) is 25.2. The fourth-order valence-corrected chi connectivity index (χ4v) is 4.34. The molecule has 0 bridgehead atoms. The summed E-state index contributed by atoms with van der Waals surface area (Å²) in [6.07, 6.45) is -5.89. The summed E-state index contributed by atoms with van der Waals surface area (Å²) in [5.41, 5.74) is -1.71. The number of piperidine rings is 1. The van der Waals surface area contributed by atoms with Crippen molar-refractivity contribution in [2.24, 2.45) is 5.92 Å². The Kier molecular flexibility index (Phi) is 6.25. The number of alkyl halides is 5. The Morgan fingerprint density at radius 2 is 1.80 bits per heavy atom. The van der Waals surface area contributed by atoms with E-state index >= 15 is 0 Å². The zero-order valence-corrected chi connectivity index (χ0v) is 19.6. The van der Waals surface area contributed by atoms with Crippen molar-refractivity contribution in [1.82, 2.24) is 10.2 Å². The molecule has 6 nitrogen and oxygen atoms in total. The van der Waals surface area contributed by atoms with Gasteiger partial charge in [0.15, 0.2) is 0 Å². The van der Waals surface area contributed by atoms with E-state index in [9.17, 15) is 31.5 Å². The van der Waals surface area contributed by atoms with E-state index in [1.165, 1.54) is 11.0 Å². The summed E-state index contributed by atoms with van der Waals surface area (Å²) in [4.78, 5) is 26.0. The van der Waals surface area contributed by atoms with E-state index in [1.807, 2.05) is 0 Å². The van der Waals surface area contributed by atoms with Crippen LogP contribution in [0.4, 0.5) is 26.7 Å². The van der Waals surface area contributed by atoms with Crippen molar-refractivity contribution in [3.8, 4) is 0 Å². The van der Waals surface area contributed by atoms with E-state index < -0.39 is 54.0 Å². The summed E-state index contributed by atoms with van der Waals surface area (Å²) in [6, 6.07) is 3.95. The van der Waals surface area contributed by atoms with Crippen LogP contribution in [0.5, 0.6) is 0 Å². The molecule has 1 saturated carbocycles. The molecule has 0 radical (unpaired) electrons. The van der Waals surface area contributed by atoms with Gasteiger partial charge in [-0.25, -0.2) is 13.6 Å². The largest absolute Gasteiger partial charge is 0.459 e. The van der Waals surface area contributed by atoms with E-state index in [0.717, 1.165) is 6.07 Å². The van der Waals surface area contributed by atoms with Crippen LogP contribution in [0.1, 0.15) is 62.8 Å². The van der Waals surface area contributed by atoms with Gasteiger partial charge in [-0.1, -0.05) is 0 Å². The smallest absolute Gasteiger partial charge is 0.420 e. The minimum Gasteiger partial charge on any atom is -0.459 e. The van der Waals surface area contributed by atoms with Crippen molar-refractivity contribution in [3.05, 3.63) is 35.1 Å². The molecule has 2 aromatic rings.